The Labute approximate surface area is 201 Å². The third-order valence-corrected chi connectivity index (χ3v) is 7.43. The Morgan fingerprint density at radius 2 is 1.94 bits per heavy atom. The van der Waals surface area contributed by atoms with Crippen molar-refractivity contribution in [1.29, 1.82) is 0 Å². The van der Waals surface area contributed by atoms with Gasteiger partial charge in [-0.25, -0.2) is 4.98 Å². The molecule has 0 radical (unpaired) electrons. The van der Waals surface area contributed by atoms with Crippen LogP contribution in [0.4, 0.5) is 5.69 Å². The van der Waals surface area contributed by atoms with Crippen molar-refractivity contribution in [3.63, 3.8) is 0 Å². The second-order valence-corrected chi connectivity index (χ2v) is 9.56. The molecule has 1 aliphatic heterocycles. The number of carbonyl (C=O) groups is 1. The van der Waals surface area contributed by atoms with E-state index in [9.17, 15) is 4.79 Å². The maximum absolute atomic E-state index is 13.0. The molecule has 5 heteroatoms. The Hall–Kier alpha value is -2.76. The second-order valence-electron chi connectivity index (χ2n) is 8.67. The molecule has 1 saturated heterocycles. The fourth-order valence-electron chi connectivity index (χ4n) is 4.39. The number of piperidine rings is 1. The zero-order valence-electron chi connectivity index (χ0n) is 19.4. The lowest BCUT2D eigenvalue weighted by molar-refractivity contribution is 0.102. The van der Waals surface area contributed by atoms with Crippen molar-refractivity contribution in [3.05, 3.63) is 82.8 Å². The van der Waals surface area contributed by atoms with E-state index in [-0.39, 0.29) is 5.91 Å². The lowest BCUT2D eigenvalue weighted by Gasteiger charge is -2.30. The lowest BCUT2D eigenvalue weighted by atomic mass is 9.97. The average Bonchev–Trinajstić information content (AvgIpc) is 3.36. The van der Waals surface area contributed by atoms with Gasteiger partial charge in [0.25, 0.3) is 5.91 Å². The van der Waals surface area contributed by atoms with Crippen LogP contribution in [0.2, 0.25) is 0 Å². The number of anilines is 1. The van der Waals surface area contributed by atoms with Gasteiger partial charge in [0, 0.05) is 22.5 Å². The number of amides is 1. The van der Waals surface area contributed by atoms with Gasteiger partial charge in [-0.2, -0.15) is 0 Å². The molecule has 0 saturated carbocycles. The number of nitrogens with one attached hydrogen (secondary N) is 1. The van der Waals surface area contributed by atoms with E-state index in [1.54, 1.807) is 11.3 Å². The molecule has 0 unspecified atom stereocenters. The third kappa shape index (κ3) is 5.98. The molecule has 33 heavy (non-hydrogen) atoms. The first-order valence-corrected chi connectivity index (χ1v) is 12.8. The molecule has 4 nitrogen and oxygen atoms in total. The van der Waals surface area contributed by atoms with Gasteiger partial charge < -0.3 is 10.2 Å². The fourth-order valence-corrected chi connectivity index (χ4v) is 5.36. The van der Waals surface area contributed by atoms with Gasteiger partial charge >= 0.3 is 0 Å². The van der Waals surface area contributed by atoms with Crippen molar-refractivity contribution in [2.24, 2.45) is 0 Å². The number of aryl methyl sites for hydroxylation is 1. The van der Waals surface area contributed by atoms with Crippen molar-refractivity contribution in [3.8, 4) is 11.1 Å². The van der Waals surface area contributed by atoms with Crippen LogP contribution in [-0.2, 0) is 6.42 Å². The number of benzene rings is 2. The van der Waals surface area contributed by atoms with E-state index < -0.39 is 0 Å². The van der Waals surface area contributed by atoms with E-state index in [0.29, 0.717) is 11.6 Å². The number of para-hydroxylation sites is 1. The van der Waals surface area contributed by atoms with Gasteiger partial charge in [-0.3, -0.25) is 4.79 Å². The molecular formula is C28H33N3OS. The number of aromatic nitrogens is 1. The molecule has 3 aromatic rings. The van der Waals surface area contributed by atoms with Crippen LogP contribution in [0.15, 0.2) is 66.6 Å². The molecule has 1 N–H and O–H groups in total. The highest BCUT2D eigenvalue weighted by Crippen LogP contribution is 2.32. The van der Waals surface area contributed by atoms with Gasteiger partial charge in [0.2, 0.25) is 0 Å². The van der Waals surface area contributed by atoms with E-state index in [1.165, 1.54) is 12.0 Å². The lowest BCUT2D eigenvalue weighted by Crippen LogP contribution is -2.33. The topological polar surface area (TPSA) is 45.2 Å². The first kappa shape index (κ1) is 23.4. The quantitative estimate of drug-likeness (QED) is 0.284. The fraction of sp³-hybridized carbons (Fsp3) is 0.357. The molecule has 0 atom stereocenters. The van der Waals surface area contributed by atoms with Gasteiger partial charge in [0.1, 0.15) is 5.69 Å². The Kier molecular flexibility index (Phi) is 8.08. The number of carbonyl (C=O) groups excluding carboxylic acids is 1. The summed E-state index contributed by atoms with van der Waals surface area (Å²) in [6.45, 7) is 9.31. The Morgan fingerprint density at radius 3 is 2.67 bits per heavy atom. The van der Waals surface area contributed by atoms with Crippen LogP contribution in [0.1, 0.15) is 59.6 Å². The normalized spacial score (nSPS) is 14.8. The number of allylic oxidation sites excluding steroid dienone is 1. The van der Waals surface area contributed by atoms with E-state index in [2.05, 4.69) is 48.0 Å². The minimum absolute atomic E-state index is 0.142. The van der Waals surface area contributed by atoms with Crippen molar-refractivity contribution in [2.45, 2.75) is 44.9 Å². The summed E-state index contributed by atoms with van der Waals surface area (Å²) in [5.41, 5.74) is 4.75. The van der Waals surface area contributed by atoms with Crippen LogP contribution in [0, 0.1) is 0 Å². The summed E-state index contributed by atoms with van der Waals surface area (Å²) in [6.07, 6.45) is 7.49. The zero-order valence-corrected chi connectivity index (χ0v) is 20.2. The predicted octanol–water partition coefficient (Wildman–Crippen LogP) is 6.77. The molecule has 0 bridgehead atoms. The Bertz CT molecular complexity index is 1060. The second kappa shape index (κ2) is 11.4. The number of thiazole rings is 1. The summed E-state index contributed by atoms with van der Waals surface area (Å²) < 4.78 is 0. The molecule has 2 heterocycles. The molecule has 1 aliphatic rings. The van der Waals surface area contributed by atoms with E-state index in [4.69, 9.17) is 4.98 Å². The van der Waals surface area contributed by atoms with Crippen molar-refractivity contribution >= 4 is 22.9 Å². The molecule has 172 valence electrons. The SMILES string of the molecule is C=CCCCN1CCC(c2nc(C(=O)Nc3ccccc3-c3ccc(CC)cc3)cs2)CC1. The van der Waals surface area contributed by atoms with E-state index in [0.717, 1.165) is 67.1 Å². The molecule has 0 aliphatic carbocycles. The van der Waals surface area contributed by atoms with E-state index in [1.807, 2.05) is 35.7 Å². The predicted molar refractivity (Wildman–Crippen MR) is 139 cm³/mol. The maximum atomic E-state index is 13.0. The zero-order chi connectivity index (χ0) is 23.0. The van der Waals surface area contributed by atoms with Crippen molar-refractivity contribution in [2.75, 3.05) is 25.0 Å². The number of hydrogen-bond donors (Lipinski definition) is 1. The first-order chi connectivity index (χ1) is 16.2. The van der Waals surface area contributed by atoms with Gasteiger partial charge in [0.05, 0.1) is 5.01 Å². The maximum Gasteiger partial charge on any atom is 0.275 e. The van der Waals surface area contributed by atoms with E-state index >= 15 is 0 Å². The molecular weight excluding hydrogens is 426 g/mol. The summed E-state index contributed by atoms with van der Waals surface area (Å²) in [6, 6.07) is 16.5. The van der Waals surface area contributed by atoms with Crippen LogP contribution >= 0.6 is 11.3 Å². The summed E-state index contributed by atoms with van der Waals surface area (Å²) >= 11 is 1.62. The highest BCUT2D eigenvalue weighted by molar-refractivity contribution is 7.10. The van der Waals surface area contributed by atoms with Gasteiger partial charge in [-0.05, 0) is 68.9 Å². The molecule has 1 amide bonds. The van der Waals surface area contributed by atoms with Gasteiger partial charge in [-0.1, -0.05) is 55.5 Å². The largest absolute Gasteiger partial charge is 0.320 e. The van der Waals surface area contributed by atoms with Crippen LogP contribution in [0.5, 0.6) is 0 Å². The third-order valence-electron chi connectivity index (χ3n) is 6.42. The number of likely N-dealkylation sites (tertiary alicyclic amines) is 1. The van der Waals surface area contributed by atoms with Crippen molar-refractivity contribution in [1.82, 2.24) is 9.88 Å². The average molecular weight is 460 g/mol. The summed E-state index contributed by atoms with van der Waals surface area (Å²) in [5.74, 6) is 0.313. The highest BCUT2D eigenvalue weighted by Gasteiger charge is 2.24. The van der Waals surface area contributed by atoms with Crippen LogP contribution < -0.4 is 5.32 Å². The minimum atomic E-state index is -0.142. The molecule has 0 spiro atoms. The van der Waals surface area contributed by atoms with Crippen LogP contribution in [0.3, 0.4) is 0 Å². The highest BCUT2D eigenvalue weighted by atomic mass is 32.1. The first-order valence-electron chi connectivity index (χ1n) is 12.0. The summed E-state index contributed by atoms with van der Waals surface area (Å²) in [4.78, 5) is 20.3. The summed E-state index contributed by atoms with van der Waals surface area (Å²) in [5, 5.41) is 6.09. The van der Waals surface area contributed by atoms with Crippen LogP contribution in [0.25, 0.3) is 11.1 Å². The number of unbranched alkanes of at least 4 members (excludes halogenated alkanes) is 1. The number of nitrogens with zero attached hydrogens (tertiary/aromatic N) is 2. The number of rotatable bonds is 9. The monoisotopic (exact) mass is 459 g/mol. The molecule has 1 aromatic heterocycles. The molecule has 2 aromatic carbocycles. The Morgan fingerprint density at radius 1 is 1.18 bits per heavy atom. The smallest absolute Gasteiger partial charge is 0.275 e. The van der Waals surface area contributed by atoms with Crippen molar-refractivity contribution < 1.29 is 4.79 Å². The Balaban J connectivity index is 1.39. The van der Waals surface area contributed by atoms with Gasteiger partial charge in [-0.15, -0.1) is 17.9 Å². The standard InChI is InChI=1S/C28H33N3OS/c1-3-5-8-17-31-18-15-23(16-19-31)28-30-26(20-33-28)27(32)29-25-10-7-6-9-24(25)22-13-11-21(4-2)12-14-22/h3,6-7,9-14,20,23H,1,4-5,8,15-19H2,2H3,(H,29,32). The van der Waals surface area contributed by atoms with Crippen LogP contribution in [-0.4, -0.2) is 35.4 Å². The number of hydrogen-bond acceptors (Lipinski definition) is 4. The summed E-state index contributed by atoms with van der Waals surface area (Å²) in [7, 11) is 0. The molecule has 1 fully saturated rings. The minimum Gasteiger partial charge on any atom is -0.320 e. The van der Waals surface area contributed by atoms with Gasteiger partial charge in [0.15, 0.2) is 0 Å². The molecule has 4 rings (SSSR count).